The molecule has 0 amide bonds. The van der Waals surface area contributed by atoms with Gasteiger partial charge in [0, 0.05) is 30.7 Å². The first-order chi connectivity index (χ1) is 9.88. The molecule has 0 aliphatic rings. The van der Waals surface area contributed by atoms with Crippen LogP contribution < -0.4 is 5.32 Å². The van der Waals surface area contributed by atoms with Gasteiger partial charge in [-0.25, -0.2) is 0 Å². The molecule has 4 heteroatoms. The highest BCUT2D eigenvalue weighted by Crippen LogP contribution is 2.24. The first kappa shape index (κ1) is 18.2. The summed E-state index contributed by atoms with van der Waals surface area (Å²) < 4.78 is 2.05. The van der Waals surface area contributed by atoms with Crippen molar-refractivity contribution in [2.24, 2.45) is 7.05 Å². The lowest BCUT2D eigenvalue weighted by molar-refractivity contribution is 0.111. The molecule has 1 aromatic heterocycles. The Hall–Kier alpha value is -0.870. The second kappa shape index (κ2) is 7.95. The van der Waals surface area contributed by atoms with Crippen LogP contribution in [-0.4, -0.2) is 46.9 Å². The van der Waals surface area contributed by atoms with Crippen molar-refractivity contribution in [3.05, 3.63) is 17.5 Å². The summed E-state index contributed by atoms with van der Waals surface area (Å²) >= 11 is 0. The Labute approximate surface area is 130 Å². The van der Waals surface area contributed by atoms with Crippen LogP contribution in [0.15, 0.2) is 6.07 Å². The second-order valence-electron chi connectivity index (χ2n) is 6.42. The summed E-state index contributed by atoms with van der Waals surface area (Å²) in [5.41, 5.74) is 2.65. The van der Waals surface area contributed by atoms with Crippen LogP contribution in [0.4, 0.5) is 0 Å². The van der Waals surface area contributed by atoms with Crippen molar-refractivity contribution in [1.29, 1.82) is 0 Å². The van der Waals surface area contributed by atoms with Crippen molar-refractivity contribution < 1.29 is 0 Å². The van der Waals surface area contributed by atoms with Gasteiger partial charge >= 0.3 is 0 Å². The van der Waals surface area contributed by atoms with E-state index in [4.69, 9.17) is 0 Å². The molecule has 0 aromatic carbocycles. The van der Waals surface area contributed by atoms with Crippen LogP contribution >= 0.6 is 0 Å². The highest BCUT2D eigenvalue weighted by Gasteiger charge is 2.34. The van der Waals surface area contributed by atoms with Gasteiger partial charge in [-0.1, -0.05) is 20.8 Å². The molecule has 0 saturated heterocycles. The first-order valence-electron chi connectivity index (χ1n) is 8.31. The van der Waals surface area contributed by atoms with E-state index in [0.29, 0.717) is 6.04 Å². The third-order valence-corrected chi connectivity index (χ3v) is 4.93. The maximum absolute atomic E-state index is 4.59. The minimum atomic E-state index is 0.145. The molecule has 0 aliphatic heterocycles. The minimum Gasteiger partial charge on any atom is -0.312 e. The summed E-state index contributed by atoms with van der Waals surface area (Å²) in [5, 5.41) is 8.35. The van der Waals surface area contributed by atoms with Crippen molar-refractivity contribution in [2.45, 2.75) is 65.0 Å². The van der Waals surface area contributed by atoms with Gasteiger partial charge in [0.2, 0.25) is 0 Å². The van der Waals surface area contributed by atoms with E-state index in [2.05, 4.69) is 70.2 Å². The zero-order valence-electron chi connectivity index (χ0n) is 15.0. The van der Waals surface area contributed by atoms with Crippen LogP contribution in [-0.2, 0) is 19.9 Å². The minimum absolute atomic E-state index is 0.145. The zero-order valence-corrected chi connectivity index (χ0v) is 15.0. The van der Waals surface area contributed by atoms with Gasteiger partial charge in [0.15, 0.2) is 0 Å². The number of nitrogens with zero attached hydrogens (tertiary/aromatic N) is 3. The van der Waals surface area contributed by atoms with Crippen LogP contribution in [0.5, 0.6) is 0 Å². The monoisotopic (exact) mass is 294 g/mol. The summed E-state index contributed by atoms with van der Waals surface area (Å²) in [6.45, 7) is 10.1. The first-order valence-corrected chi connectivity index (χ1v) is 8.31. The van der Waals surface area contributed by atoms with Crippen LogP contribution in [0.3, 0.4) is 0 Å². The standard InChI is InChI=1S/C17H34N4/c1-8-11-18-16(17(4,10-3)20(5)6)13-15-12-14(9-2)19-21(15)7/h12,16,18H,8-11,13H2,1-7H3. The van der Waals surface area contributed by atoms with Crippen molar-refractivity contribution in [3.63, 3.8) is 0 Å². The van der Waals surface area contributed by atoms with E-state index in [1.165, 1.54) is 11.4 Å². The zero-order chi connectivity index (χ0) is 16.0. The molecule has 0 bridgehead atoms. The fraction of sp³-hybridized carbons (Fsp3) is 0.824. The summed E-state index contributed by atoms with van der Waals surface area (Å²) in [5.74, 6) is 0. The van der Waals surface area contributed by atoms with E-state index >= 15 is 0 Å². The largest absolute Gasteiger partial charge is 0.312 e. The van der Waals surface area contributed by atoms with Crippen molar-refractivity contribution in [1.82, 2.24) is 20.0 Å². The molecular weight excluding hydrogens is 260 g/mol. The van der Waals surface area contributed by atoms with Crippen LogP contribution in [0, 0.1) is 0 Å². The predicted molar refractivity (Wildman–Crippen MR) is 90.8 cm³/mol. The highest BCUT2D eigenvalue weighted by molar-refractivity contribution is 5.13. The number of hydrogen-bond donors (Lipinski definition) is 1. The SMILES string of the molecule is CCCNC(Cc1cc(CC)nn1C)C(C)(CC)N(C)C. The third kappa shape index (κ3) is 4.30. The van der Waals surface area contributed by atoms with Gasteiger partial charge in [-0.2, -0.15) is 5.10 Å². The van der Waals surface area contributed by atoms with Crippen molar-refractivity contribution >= 4 is 0 Å². The van der Waals surface area contributed by atoms with E-state index < -0.39 is 0 Å². The molecule has 1 heterocycles. The molecule has 2 atom stereocenters. The van der Waals surface area contributed by atoms with Gasteiger partial charge < -0.3 is 10.2 Å². The highest BCUT2D eigenvalue weighted by atomic mass is 15.3. The molecule has 0 radical (unpaired) electrons. The molecule has 1 aromatic rings. The van der Waals surface area contributed by atoms with Gasteiger partial charge in [-0.3, -0.25) is 4.68 Å². The van der Waals surface area contributed by atoms with Gasteiger partial charge in [0.1, 0.15) is 0 Å². The average Bonchev–Trinajstić information content (AvgIpc) is 2.82. The molecule has 0 aliphatic carbocycles. The number of likely N-dealkylation sites (N-methyl/N-ethyl adjacent to an activating group) is 1. The molecule has 2 unspecified atom stereocenters. The molecule has 0 fully saturated rings. The number of nitrogens with one attached hydrogen (secondary N) is 1. The average molecular weight is 294 g/mol. The summed E-state index contributed by atoms with van der Waals surface area (Å²) in [6.07, 6.45) is 4.31. The smallest absolute Gasteiger partial charge is 0.0624 e. The second-order valence-corrected chi connectivity index (χ2v) is 6.42. The van der Waals surface area contributed by atoms with Crippen LogP contribution in [0.25, 0.3) is 0 Å². The molecular formula is C17H34N4. The molecule has 0 spiro atoms. The molecule has 0 saturated carbocycles. The van der Waals surface area contributed by atoms with E-state index in [-0.39, 0.29) is 5.54 Å². The molecule has 4 nitrogen and oxygen atoms in total. The third-order valence-electron chi connectivity index (χ3n) is 4.93. The number of aromatic nitrogens is 2. The summed E-state index contributed by atoms with van der Waals surface area (Å²) in [6, 6.07) is 2.68. The normalized spacial score (nSPS) is 16.2. The number of hydrogen-bond acceptors (Lipinski definition) is 3. The Morgan fingerprint density at radius 3 is 2.43 bits per heavy atom. The maximum Gasteiger partial charge on any atom is 0.0624 e. The Kier molecular flexibility index (Phi) is 6.88. The fourth-order valence-corrected chi connectivity index (χ4v) is 2.85. The van der Waals surface area contributed by atoms with Crippen molar-refractivity contribution in [2.75, 3.05) is 20.6 Å². The van der Waals surface area contributed by atoms with Crippen LogP contribution in [0.1, 0.15) is 51.9 Å². The van der Waals surface area contributed by atoms with E-state index in [0.717, 1.165) is 32.2 Å². The molecule has 21 heavy (non-hydrogen) atoms. The summed E-state index contributed by atoms with van der Waals surface area (Å²) in [7, 11) is 6.43. The van der Waals surface area contributed by atoms with Crippen molar-refractivity contribution in [3.8, 4) is 0 Å². The number of rotatable bonds is 9. The van der Waals surface area contributed by atoms with E-state index in [9.17, 15) is 0 Å². The van der Waals surface area contributed by atoms with E-state index in [1.54, 1.807) is 0 Å². The topological polar surface area (TPSA) is 33.1 Å². The quantitative estimate of drug-likeness (QED) is 0.760. The number of aryl methyl sites for hydroxylation is 2. The fourth-order valence-electron chi connectivity index (χ4n) is 2.85. The Morgan fingerprint density at radius 1 is 1.33 bits per heavy atom. The molecule has 122 valence electrons. The maximum atomic E-state index is 4.59. The lowest BCUT2D eigenvalue weighted by atomic mass is 9.85. The molecule has 1 N–H and O–H groups in total. The summed E-state index contributed by atoms with van der Waals surface area (Å²) in [4.78, 5) is 2.36. The Balaban J connectivity index is 2.99. The van der Waals surface area contributed by atoms with Crippen LogP contribution in [0.2, 0.25) is 0 Å². The van der Waals surface area contributed by atoms with Gasteiger partial charge in [0.25, 0.3) is 0 Å². The van der Waals surface area contributed by atoms with Gasteiger partial charge in [-0.15, -0.1) is 0 Å². The van der Waals surface area contributed by atoms with E-state index in [1.807, 2.05) is 4.68 Å². The lowest BCUT2D eigenvalue weighted by Gasteiger charge is -2.43. The predicted octanol–water partition coefficient (Wildman–Crippen LogP) is 2.62. The Morgan fingerprint density at radius 2 is 2.00 bits per heavy atom. The van der Waals surface area contributed by atoms with Gasteiger partial charge in [0.05, 0.1) is 5.69 Å². The van der Waals surface area contributed by atoms with Gasteiger partial charge in [-0.05, 0) is 52.9 Å². The lowest BCUT2D eigenvalue weighted by Crippen LogP contribution is -2.58. The molecule has 1 rings (SSSR count). The Bertz CT molecular complexity index is 424.